The Bertz CT molecular complexity index is 384. The number of halogens is 1. The standard InChI is InChI=1S/C14H18ClNS/c1-3-5-12(10-17-16)14(4-2)11-6-8-13(15)9-7-11/h3,6-10,14H,1,4-5,16H2,2H3/b12-10-. The van der Waals surface area contributed by atoms with Crippen molar-refractivity contribution in [1.29, 1.82) is 0 Å². The molecular formula is C14H18ClNS. The first-order valence-electron chi connectivity index (χ1n) is 5.63. The van der Waals surface area contributed by atoms with E-state index in [0.29, 0.717) is 5.92 Å². The Hall–Kier alpha value is -0.700. The number of allylic oxidation sites excluding steroid dienone is 2. The van der Waals surface area contributed by atoms with Gasteiger partial charge in [0.05, 0.1) is 0 Å². The number of nitrogens with two attached hydrogens (primary N) is 1. The predicted octanol–water partition coefficient (Wildman–Crippen LogP) is 4.90. The fraction of sp³-hybridized carbons (Fsp3) is 0.286. The van der Waals surface area contributed by atoms with Gasteiger partial charge in [0.25, 0.3) is 0 Å². The van der Waals surface area contributed by atoms with Gasteiger partial charge in [0.1, 0.15) is 0 Å². The zero-order valence-corrected chi connectivity index (χ0v) is 11.6. The number of rotatable bonds is 6. The van der Waals surface area contributed by atoms with Crippen molar-refractivity contribution in [3.63, 3.8) is 0 Å². The van der Waals surface area contributed by atoms with E-state index in [0.717, 1.165) is 17.9 Å². The maximum Gasteiger partial charge on any atom is 0.0406 e. The summed E-state index contributed by atoms with van der Waals surface area (Å²) in [7, 11) is 0. The maximum absolute atomic E-state index is 5.91. The molecule has 1 rings (SSSR count). The summed E-state index contributed by atoms with van der Waals surface area (Å²) < 4.78 is 0. The Labute approximate surface area is 113 Å². The lowest BCUT2D eigenvalue weighted by Gasteiger charge is -2.18. The Balaban J connectivity index is 2.99. The van der Waals surface area contributed by atoms with Crippen LogP contribution in [0, 0.1) is 0 Å². The first-order chi connectivity index (χ1) is 8.22. The molecule has 0 spiro atoms. The molecule has 0 bridgehead atoms. The van der Waals surface area contributed by atoms with Crippen LogP contribution in [0.5, 0.6) is 0 Å². The average molecular weight is 268 g/mol. The average Bonchev–Trinajstić information content (AvgIpc) is 2.33. The molecule has 1 nitrogen and oxygen atoms in total. The summed E-state index contributed by atoms with van der Waals surface area (Å²) in [5, 5.41) is 8.33. The van der Waals surface area contributed by atoms with Crippen LogP contribution in [-0.2, 0) is 0 Å². The molecule has 0 aliphatic rings. The van der Waals surface area contributed by atoms with Crippen LogP contribution >= 0.6 is 23.5 Å². The maximum atomic E-state index is 5.91. The largest absolute Gasteiger partial charge is 0.274 e. The van der Waals surface area contributed by atoms with Gasteiger partial charge in [-0.1, -0.05) is 54.3 Å². The number of hydrogen-bond acceptors (Lipinski definition) is 2. The third-order valence-electron chi connectivity index (χ3n) is 2.73. The first kappa shape index (κ1) is 14.4. The van der Waals surface area contributed by atoms with Crippen LogP contribution in [0.15, 0.2) is 47.9 Å². The topological polar surface area (TPSA) is 26.0 Å². The van der Waals surface area contributed by atoms with Crippen molar-refractivity contribution in [2.75, 3.05) is 0 Å². The van der Waals surface area contributed by atoms with E-state index >= 15 is 0 Å². The summed E-state index contributed by atoms with van der Waals surface area (Å²) in [5.41, 5.74) is 2.58. The molecule has 1 aromatic carbocycles. The highest BCUT2D eigenvalue weighted by Crippen LogP contribution is 2.31. The molecule has 3 heteroatoms. The Morgan fingerprint density at radius 1 is 1.47 bits per heavy atom. The van der Waals surface area contributed by atoms with E-state index in [2.05, 4.69) is 25.6 Å². The fourth-order valence-corrected chi connectivity index (χ4v) is 2.49. The Morgan fingerprint density at radius 3 is 2.59 bits per heavy atom. The molecule has 0 heterocycles. The van der Waals surface area contributed by atoms with Crippen molar-refractivity contribution in [2.45, 2.75) is 25.7 Å². The fourth-order valence-electron chi connectivity index (χ4n) is 1.93. The van der Waals surface area contributed by atoms with E-state index in [1.54, 1.807) is 0 Å². The van der Waals surface area contributed by atoms with E-state index in [4.69, 9.17) is 16.7 Å². The van der Waals surface area contributed by atoms with Gasteiger partial charge in [-0.05, 0) is 35.9 Å². The second kappa shape index (κ2) is 7.59. The number of benzene rings is 1. The molecule has 0 saturated heterocycles. The summed E-state index contributed by atoms with van der Waals surface area (Å²) in [6.45, 7) is 5.97. The molecule has 0 radical (unpaired) electrons. The molecule has 2 N–H and O–H groups in total. The van der Waals surface area contributed by atoms with Gasteiger partial charge in [0.2, 0.25) is 0 Å². The van der Waals surface area contributed by atoms with Crippen molar-refractivity contribution in [1.82, 2.24) is 0 Å². The van der Waals surface area contributed by atoms with Gasteiger partial charge in [-0.15, -0.1) is 6.58 Å². The lowest BCUT2D eigenvalue weighted by atomic mass is 9.88. The second-order valence-electron chi connectivity index (χ2n) is 3.83. The van der Waals surface area contributed by atoms with Crippen LogP contribution in [0.1, 0.15) is 31.2 Å². The van der Waals surface area contributed by atoms with Crippen molar-refractivity contribution in [3.05, 3.63) is 58.5 Å². The zero-order valence-electron chi connectivity index (χ0n) is 10.0. The van der Waals surface area contributed by atoms with Gasteiger partial charge in [0.15, 0.2) is 0 Å². The molecule has 0 fully saturated rings. The van der Waals surface area contributed by atoms with Crippen molar-refractivity contribution in [2.24, 2.45) is 5.14 Å². The predicted molar refractivity (Wildman–Crippen MR) is 79.2 cm³/mol. The minimum absolute atomic E-state index is 0.390. The molecule has 0 saturated carbocycles. The molecule has 0 aromatic heterocycles. The van der Waals surface area contributed by atoms with Gasteiger partial charge in [-0.3, -0.25) is 5.14 Å². The van der Waals surface area contributed by atoms with Gasteiger partial charge < -0.3 is 0 Å². The van der Waals surface area contributed by atoms with Gasteiger partial charge in [0, 0.05) is 10.9 Å². The van der Waals surface area contributed by atoms with Crippen LogP contribution in [0.3, 0.4) is 0 Å². The smallest absolute Gasteiger partial charge is 0.0406 e. The third-order valence-corrected chi connectivity index (χ3v) is 3.42. The highest BCUT2D eigenvalue weighted by atomic mass is 35.5. The molecular weight excluding hydrogens is 250 g/mol. The molecule has 1 unspecified atom stereocenters. The summed E-state index contributed by atoms with van der Waals surface area (Å²) in [5.74, 6) is 0.390. The molecule has 0 aliphatic heterocycles. The Morgan fingerprint density at radius 2 is 2.12 bits per heavy atom. The number of hydrogen-bond donors (Lipinski definition) is 1. The molecule has 92 valence electrons. The summed E-state index contributed by atoms with van der Waals surface area (Å²) in [6.07, 6.45) is 3.83. The van der Waals surface area contributed by atoms with Gasteiger partial charge in [-0.25, -0.2) is 0 Å². The molecule has 1 atom stereocenters. The Kier molecular flexibility index (Phi) is 6.41. The summed E-state index contributed by atoms with van der Waals surface area (Å²) >= 11 is 7.16. The zero-order chi connectivity index (χ0) is 12.7. The third kappa shape index (κ3) is 4.23. The van der Waals surface area contributed by atoms with Crippen molar-refractivity contribution >= 4 is 23.5 Å². The first-order valence-corrected chi connectivity index (χ1v) is 6.95. The summed E-state index contributed by atoms with van der Waals surface area (Å²) in [4.78, 5) is 0. The SMILES string of the molecule is C=CC/C(=C/SN)C(CC)c1ccc(Cl)cc1. The quantitative estimate of drug-likeness (QED) is 0.586. The van der Waals surface area contributed by atoms with E-state index in [1.165, 1.54) is 23.1 Å². The monoisotopic (exact) mass is 267 g/mol. The lowest BCUT2D eigenvalue weighted by Crippen LogP contribution is -2.01. The minimum atomic E-state index is 0.390. The van der Waals surface area contributed by atoms with Crippen molar-refractivity contribution < 1.29 is 0 Å². The van der Waals surface area contributed by atoms with Crippen LogP contribution in [0.4, 0.5) is 0 Å². The molecule has 17 heavy (non-hydrogen) atoms. The van der Waals surface area contributed by atoms with E-state index in [9.17, 15) is 0 Å². The highest BCUT2D eigenvalue weighted by Gasteiger charge is 2.13. The minimum Gasteiger partial charge on any atom is -0.274 e. The van der Waals surface area contributed by atoms with E-state index < -0.39 is 0 Å². The highest BCUT2D eigenvalue weighted by molar-refractivity contribution is 8.00. The normalized spacial score (nSPS) is 13.5. The molecule has 1 aromatic rings. The second-order valence-corrected chi connectivity index (χ2v) is 4.78. The van der Waals surface area contributed by atoms with Gasteiger partial charge >= 0.3 is 0 Å². The van der Waals surface area contributed by atoms with Crippen LogP contribution in [0.25, 0.3) is 0 Å². The summed E-state index contributed by atoms with van der Waals surface area (Å²) in [6, 6.07) is 8.02. The van der Waals surface area contributed by atoms with E-state index in [1.807, 2.05) is 23.6 Å². The lowest BCUT2D eigenvalue weighted by molar-refractivity contribution is 0.745. The van der Waals surface area contributed by atoms with Crippen LogP contribution in [0.2, 0.25) is 5.02 Å². The van der Waals surface area contributed by atoms with Crippen LogP contribution < -0.4 is 5.14 Å². The van der Waals surface area contributed by atoms with E-state index in [-0.39, 0.29) is 0 Å². The van der Waals surface area contributed by atoms with Crippen LogP contribution in [-0.4, -0.2) is 0 Å². The molecule has 0 aliphatic carbocycles. The molecule has 0 amide bonds. The van der Waals surface area contributed by atoms with Gasteiger partial charge in [-0.2, -0.15) is 0 Å². The van der Waals surface area contributed by atoms with Crippen molar-refractivity contribution in [3.8, 4) is 0 Å².